The van der Waals surface area contributed by atoms with Gasteiger partial charge >= 0.3 is 0 Å². The average Bonchev–Trinajstić information content (AvgIpc) is 2.44. The first-order valence-electron chi connectivity index (χ1n) is 6.51. The molecule has 0 spiro atoms. The third-order valence-corrected chi connectivity index (χ3v) is 3.17. The number of anilines is 1. The van der Waals surface area contributed by atoms with E-state index in [0.29, 0.717) is 6.54 Å². The molecule has 1 atom stereocenters. The van der Waals surface area contributed by atoms with E-state index in [1.807, 2.05) is 19.1 Å². The third kappa shape index (κ3) is 2.82. The van der Waals surface area contributed by atoms with Gasteiger partial charge in [-0.3, -0.25) is 0 Å². The summed E-state index contributed by atoms with van der Waals surface area (Å²) in [6.45, 7) is 7.58. The maximum atomic E-state index is 8.97. The summed E-state index contributed by atoms with van der Waals surface area (Å²) in [4.78, 5) is 10.8. The van der Waals surface area contributed by atoms with Crippen LogP contribution in [0.4, 0.5) is 5.82 Å². The van der Waals surface area contributed by atoms with Crippen LogP contribution >= 0.6 is 0 Å². The molecule has 0 saturated carbocycles. The van der Waals surface area contributed by atoms with Crippen molar-refractivity contribution in [2.24, 2.45) is 5.92 Å². The number of benzene rings is 1. The summed E-state index contributed by atoms with van der Waals surface area (Å²) in [7, 11) is 0. The zero-order valence-electron chi connectivity index (χ0n) is 11.6. The van der Waals surface area contributed by atoms with Crippen molar-refractivity contribution in [3.63, 3.8) is 0 Å². The van der Waals surface area contributed by atoms with Gasteiger partial charge in [-0.25, -0.2) is 9.97 Å². The topological polar surface area (TPSA) is 52.8 Å². The molecule has 0 aliphatic carbocycles. The lowest BCUT2D eigenvalue weighted by molar-refractivity contribution is 0.681. The van der Waals surface area contributed by atoms with Crippen LogP contribution in [-0.4, -0.2) is 23.1 Å². The monoisotopic (exact) mass is 254 g/mol. The van der Waals surface area contributed by atoms with E-state index < -0.39 is 0 Å². The van der Waals surface area contributed by atoms with Crippen molar-refractivity contribution < 1.29 is 0 Å². The number of nitrogens with zero attached hydrogens (tertiary/aromatic N) is 4. The van der Waals surface area contributed by atoms with E-state index in [-0.39, 0.29) is 5.92 Å². The van der Waals surface area contributed by atoms with Crippen molar-refractivity contribution in [2.45, 2.75) is 20.8 Å². The van der Waals surface area contributed by atoms with Crippen LogP contribution < -0.4 is 4.90 Å². The van der Waals surface area contributed by atoms with Crippen LogP contribution in [0.15, 0.2) is 24.5 Å². The fourth-order valence-corrected chi connectivity index (χ4v) is 2.15. The van der Waals surface area contributed by atoms with Gasteiger partial charge in [0.05, 0.1) is 17.5 Å². The van der Waals surface area contributed by atoms with Gasteiger partial charge in [0.1, 0.15) is 12.1 Å². The van der Waals surface area contributed by atoms with Crippen molar-refractivity contribution in [3.05, 3.63) is 30.1 Å². The van der Waals surface area contributed by atoms with E-state index in [0.717, 1.165) is 23.3 Å². The number of nitriles is 1. The van der Waals surface area contributed by atoms with E-state index in [1.165, 1.54) is 5.56 Å². The molecule has 0 radical (unpaired) electrons. The largest absolute Gasteiger partial charge is 0.355 e. The third-order valence-electron chi connectivity index (χ3n) is 3.17. The molecule has 4 heteroatoms. The minimum absolute atomic E-state index is 0.0187. The van der Waals surface area contributed by atoms with E-state index >= 15 is 0 Å². The predicted molar refractivity (Wildman–Crippen MR) is 76.9 cm³/mol. The van der Waals surface area contributed by atoms with Gasteiger partial charge in [-0.15, -0.1) is 0 Å². The van der Waals surface area contributed by atoms with Crippen LogP contribution in [0.25, 0.3) is 10.9 Å². The Labute approximate surface area is 113 Å². The molecule has 0 aliphatic rings. The molecular weight excluding hydrogens is 236 g/mol. The molecule has 1 unspecified atom stereocenters. The molecule has 1 heterocycles. The molecule has 2 aromatic rings. The zero-order valence-corrected chi connectivity index (χ0v) is 11.6. The highest BCUT2D eigenvalue weighted by atomic mass is 15.2. The Morgan fingerprint density at radius 3 is 2.84 bits per heavy atom. The van der Waals surface area contributed by atoms with Crippen LogP contribution in [0.1, 0.15) is 19.4 Å². The summed E-state index contributed by atoms with van der Waals surface area (Å²) in [5.74, 6) is 0.896. The van der Waals surface area contributed by atoms with Gasteiger partial charge in [0.15, 0.2) is 0 Å². The highest BCUT2D eigenvalue weighted by Crippen LogP contribution is 2.24. The van der Waals surface area contributed by atoms with Gasteiger partial charge in [0, 0.05) is 18.5 Å². The Bertz CT molecular complexity index is 615. The Kier molecular flexibility index (Phi) is 3.96. The summed E-state index contributed by atoms with van der Waals surface area (Å²) < 4.78 is 0. The van der Waals surface area contributed by atoms with Crippen LogP contribution in [0.5, 0.6) is 0 Å². The van der Waals surface area contributed by atoms with Gasteiger partial charge in [-0.05, 0) is 32.9 Å². The minimum atomic E-state index is -0.0187. The highest BCUT2D eigenvalue weighted by molar-refractivity contribution is 5.89. The number of hydrogen-bond donors (Lipinski definition) is 0. The lowest BCUT2D eigenvalue weighted by Crippen LogP contribution is -2.28. The predicted octanol–water partition coefficient (Wildman–Crippen LogP) is 2.92. The summed E-state index contributed by atoms with van der Waals surface area (Å²) in [5.41, 5.74) is 2.13. The molecule has 2 rings (SSSR count). The van der Waals surface area contributed by atoms with E-state index in [4.69, 9.17) is 5.26 Å². The smallest absolute Gasteiger partial charge is 0.139 e. The van der Waals surface area contributed by atoms with E-state index in [1.54, 1.807) is 6.33 Å². The number of hydrogen-bond acceptors (Lipinski definition) is 4. The lowest BCUT2D eigenvalue weighted by Gasteiger charge is -2.24. The normalized spacial score (nSPS) is 12.1. The van der Waals surface area contributed by atoms with Crippen molar-refractivity contribution >= 4 is 16.7 Å². The first-order chi connectivity index (χ1) is 9.15. The van der Waals surface area contributed by atoms with Crippen LogP contribution in [0.3, 0.4) is 0 Å². The molecule has 0 saturated heterocycles. The second kappa shape index (κ2) is 5.66. The van der Waals surface area contributed by atoms with Gasteiger partial charge in [0.25, 0.3) is 0 Å². The molecule has 19 heavy (non-hydrogen) atoms. The summed E-state index contributed by atoms with van der Waals surface area (Å²) in [6.07, 6.45) is 1.59. The van der Waals surface area contributed by atoms with Crippen molar-refractivity contribution in [1.29, 1.82) is 5.26 Å². The molecule has 0 bridgehead atoms. The second-order valence-corrected chi connectivity index (χ2v) is 4.79. The fraction of sp³-hybridized carbons (Fsp3) is 0.400. The minimum Gasteiger partial charge on any atom is -0.355 e. The first kappa shape index (κ1) is 13.3. The maximum Gasteiger partial charge on any atom is 0.139 e. The first-order valence-corrected chi connectivity index (χ1v) is 6.51. The molecular formula is C15H18N4. The van der Waals surface area contributed by atoms with Crippen molar-refractivity contribution in [1.82, 2.24) is 9.97 Å². The average molecular weight is 254 g/mol. The molecule has 1 aromatic carbocycles. The van der Waals surface area contributed by atoms with E-state index in [2.05, 4.69) is 40.9 Å². The Morgan fingerprint density at radius 1 is 1.37 bits per heavy atom. The van der Waals surface area contributed by atoms with Crippen molar-refractivity contribution in [2.75, 3.05) is 18.0 Å². The summed E-state index contributed by atoms with van der Waals surface area (Å²) in [5, 5.41) is 10.0. The molecule has 0 aliphatic heterocycles. The van der Waals surface area contributed by atoms with Gasteiger partial charge in [-0.1, -0.05) is 11.6 Å². The Morgan fingerprint density at radius 2 is 2.16 bits per heavy atom. The number of aryl methyl sites for hydroxylation is 1. The van der Waals surface area contributed by atoms with Gasteiger partial charge in [-0.2, -0.15) is 5.26 Å². The summed E-state index contributed by atoms with van der Waals surface area (Å²) >= 11 is 0. The molecule has 1 aromatic heterocycles. The standard InChI is InChI=1S/C15H18N4/c1-4-19(9-12(3)8-16)15-13-7-11(2)5-6-14(13)17-10-18-15/h5-7,10,12H,4,9H2,1-3H3. The zero-order chi connectivity index (χ0) is 13.8. The second-order valence-electron chi connectivity index (χ2n) is 4.79. The number of fused-ring (bicyclic) bond motifs is 1. The number of aromatic nitrogens is 2. The summed E-state index contributed by atoms with van der Waals surface area (Å²) in [6, 6.07) is 8.44. The quantitative estimate of drug-likeness (QED) is 0.841. The van der Waals surface area contributed by atoms with Crippen molar-refractivity contribution in [3.8, 4) is 6.07 Å². The van der Waals surface area contributed by atoms with Gasteiger partial charge in [0.2, 0.25) is 0 Å². The van der Waals surface area contributed by atoms with E-state index in [9.17, 15) is 0 Å². The van der Waals surface area contributed by atoms with Crippen LogP contribution in [0, 0.1) is 24.2 Å². The Balaban J connectivity index is 2.48. The molecule has 0 fully saturated rings. The maximum absolute atomic E-state index is 8.97. The Hall–Kier alpha value is -2.15. The highest BCUT2D eigenvalue weighted by Gasteiger charge is 2.13. The fourth-order valence-electron chi connectivity index (χ4n) is 2.15. The molecule has 98 valence electrons. The molecule has 4 nitrogen and oxygen atoms in total. The van der Waals surface area contributed by atoms with Crippen LogP contribution in [-0.2, 0) is 0 Å². The van der Waals surface area contributed by atoms with Crippen LogP contribution in [0.2, 0.25) is 0 Å². The molecule has 0 amide bonds. The number of rotatable bonds is 4. The van der Waals surface area contributed by atoms with Gasteiger partial charge < -0.3 is 4.90 Å². The lowest BCUT2D eigenvalue weighted by atomic mass is 10.1. The SMILES string of the molecule is CCN(CC(C)C#N)c1ncnc2ccc(C)cc12. The molecule has 0 N–H and O–H groups in total.